The van der Waals surface area contributed by atoms with Gasteiger partial charge >= 0.3 is 0 Å². The van der Waals surface area contributed by atoms with Gasteiger partial charge in [0.05, 0.1) is 18.2 Å². The molecule has 1 atom stereocenters. The van der Waals surface area contributed by atoms with Gasteiger partial charge < -0.3 is 15.7 Å². The van der Waals surface area contributed by atoms with Gasteiger partial charge in [0.2, 0.25) is 0 Å². The first-order valence-corrected chi connectivity index (χ1v) is 10.6. The summed E-state index contributed by atoms with van der Waals surface area (Å²) < 4.78 is 0. The van der Waals surface area contributed by atoms with Crippen molar-refractivity contribution in [1.82, 2.24) is 15.5 Å². The summed E-state index contributed by atoms with van der Waals surface area (Å²) in [5, 5.41) is 19.5. The smallest absolute Gasteiger partial charge is 0.191 e. The quantitative estimate of drug-likeness (QED) is 0.311. The first-order chi connectivity index (χ1) is 12.2. The topological polar surface area (TPSA) is 59.9 Å². The molecule has 2 aliphatic rings. The van der Waals surface area contributed by atoms with Crippen LogP contribution in [0.25, 0.3) is 0 Å². The summed E-state index contributed by atoms with van der Waals surface area (Å²) in [6.45, 7) is 6.62. The van der Waals surface area contributed by atoms with Crippen LogP contribution in [0, 0.1) is 0 Å². The predicted octanol–water partition coefficient (Wildman–Crippen LogP) is 3.36. The summed E-state index contributed by atoms with van der Waals surface area (Å²) in [4.78, 5) is 8.67. The van der Waals surface area contributed by atoms with Crippen LogP contribution in [0.2, 0.25) is 0 Å². The Morgan fingerprint density at radius 1 is 1.27 bits per heavy atom. The molecule has 0 aromatic carbocycles. The van der Waals surface area contributed by atoms with Crippen LogP contribution < -0.4 is 10.6 Å². The van der Waals surface area contributed by atoms with Crippen molar-refractivity contribution in [2.75, 3.05) is 32.7 Å². The van der Waals surface area contributed by atoms with Gasteiger partial charge in [-0.25, -0.2) is 0 Å². The first kappa shape index (κ1) is 21.9. The molecule has 1 saturated carbocycles. The summed E-state index contributed by atoms with van der Waals surface area (Å²) >= 11 is 1.83. The lowest BCUT2D eigenvalue weighted by molar-refractivity contribution is 0.0574. The SMILES string of the molecule is CCNC(=NCC1(O)CCCC1)NCC(c1cccs1)N1CCCC1.I. The highest BCUT2D eigenvalue weighted by Gasteiger charge is 2.31. The van der Waals surface area contributed by atoms with Crippen molar-refractivity contribution in [3.63, 3.8) is 0 Å². The molecule has 0 radical (unpaired) electrons. The van der Waals surface area contributed by atoms with E-state index in [1.54, 1.807) is 0 Å². The zero-order valence-electron chi connectivity index (χ0n) is 15.7. The highest BCUT2D eigenvalue weighted by atomic mass is 127. The number of hydrogen-bond donors (Lipinski definition) is 3. The van der Waals surface area contributed by atoms with Crippen LogP contribution in [0.1, 0.15) is 56.4 Å². The Morgan fingerprint density at radius 2 is 2.00 bits per heavy atom. The van der Waals surface area contributed by atoms with Gasteiger partial charge in [0.15, 0.2) is 5.96 Å². The molecular weight excluding hydrogens is 459 g/mol. The van der Waals surface area contributed by atoms with Gasteiger partial charge in [0.1, 0.15) is 0 Å². The van der Waals surface area contributed by atoms with Crippen LogP contribution in [0.4, 0.5) is 0 Å². The molecule has 1 aliphatic heterocycles. The number of hydrogen-bond acceptors (Lipinski definition) is 4. The van der Waals surface area contributed by atoms with E-state index in [9.17, 15) is 5.11 Å². The Balaban J connectivity index is 0.00000243. The molecule has 3 N–H and O–H groups in total. The van der Waals surface area contributed by atoms with Crippen molar-refractivity contribution >= 4 is 41.3 Å². The summed E-state index contributed by atoms with van der Waals surface area (Å²) in [6.07, 6.45) is 6.58. The third-order valence-corrected chi connectivity index (χ3v) is 6.30. The Labute approximate surface area is 178 Å². The number of halogens is 1. The van der Waals surface area contributed by atoms with Gasteiger partial charge in [-0.1, -0.05) is 18.9 Å². The average molecular weight is 492 g/mol. The summed E-state index contributed by atoms with van der Waals surface area (Å²) in [7, 11) is 0. The highest BCUT2D eigenvalue weighted by molar-refractivity contribution is 14.0. The minimum Gasteiger partial charge on any atom is -0.388 e. The number of likely N-dealkylation sites (tertiary alicyclic amines) is 1. The third kappa shape index (κ3) is 6.07. The average Bonchev–Trinajstić information content (AvgIpc) is 3.36. The van der Waals surface area contributed by atoms with Gasteiger partial charge in [-0.05, 0) is 57.1 Å². The molecule has 1 aromatic rings. The monoisotopic (exact) mass is 492 g/mol. The summed E-state index contributed by atoms with van der Waals surface area (Å²) in [6, 6.07) is 4.78. The lowest BCUT2D eigenvalue weighted by Crippen LogP contribution is -2.43. The first-order valence-electron chi connectivity index (χ1n) is 9.72. The lowest BCUT2D eigenvalue weighted by Gasteiger charge is -2.28. The predicted molar refractivity (Wildman–Crippen MR) is 121 cm³/mol. The summed E-state index contributed by atoms with van der Waals surface area (Å²) in [5.41, 5.74) is -0.593. The molecule has 1 aliphatic carbocycles. The van der Waals surface area contributed by atoms with E-state index < -0.39 is 5.60 Å². The molecule has 148 valence electrons. The van der Waals surface area contributed by atoms with E-state index in [1.165, 1.54) is 30.8 Å². The van der Waals surface area contributed by atoms with Gasteiger partial charge in [-0.3, -0.25) is 9.89 Å². The standard InChI is InChI=1S/C19H32N4OS.HI/c1-2-20-18(22-15-19(24)9-3-4-10-19)21-14-16(17-8-7-13-25-17)23-11-5-6-12-23;/h7-8,13,16,24H,2-6,9-12,14-15H2,1H3,(H2,20,21,22);1H. The fourth-order valence-corrected chi connectivity index (χ4v) is 4.76. The maximum Gasteiger partial charge on any atom is 0.191 e. The molecule has 1 aromatic heterocycles. The Hall–Kier alpha value is -0.380. The number of guanidine groups is 1. The second-order valence-electron chi connectivity index (χ2n) is 7.28. The second kappa shape index (κ2) is 10.8. The van der Waals surface area contributed by atoms with Gasteiger partial charge in [0.25, 0.3) is 0 Å². The van der Waals surface area contributed by atoms with E-state index in [-0.39, 0.29) is 24.0 Å². The Bertz CT molecular complexity index is 540. The zero-order chi connectivity index (χ0) is 17.5. The molecule has 0 spiro atoms. The fraction of sp³-hybridized carbons (Fsp3) is 0.737. The zero-order valence-corrected chi connectivity index (χ0v) is 18.9. The van der Waals surface area contributed by atoms with Crippen molar-refractivity contribution in [3.8, 4) is 0 Å². The number of aliphatic hydroxyl groups is 1. The van der Waals surface area contributed by atoms with Crippen molar-refractivity contribution < 1.29 is 5.11 Å². The second-order valence-corrected chi connectivity index (χ2v) is 8.26. The summed E-state index contributed by atoms with van der Waals surface area (Å²) in [5.74, 6) is 0.823. The van der Waals surface area contributed by atoms with E-state index in [2.05, 4.69) is 45.0 Å². The van der Waals surface area contributed by atoms with Crippen LogP contribution in [-0.4, -0.2) is 54.3 Å². The van der Waals surface area contributed by atoms with Crippen LogP contribution >= 0.6 is 35.3 Å². The van der Waals surface area contributed by atoms with Gasteiger partial charge in [0, 0.05) is 18.0 Å². The van der Waals surface area contributed by atoms with Crippen molar-refractivity contribution in [2.24, 2.45) is 4.99 Å². The number of thiophene rings is 1. The molecule has 2 fully saturated rings. The number of rotatable bonds is 7. The van der Waals surface area contributed by atoms with E-state index >= 15 is 0 Å². The molecule has 7 heteroatoms. The Kier molecular flexibility index (Phi) is 9.12. The fourth-order valence-electron chi connectivity index (χ4n) is 3.90. The molecule has 26 heavy (non-hydrogen) atoms. The van der Waals surface area contributed by atoms with Crippen molar-refractivity contribution in [1.29, 1.82) is 0 Å². The van der Waals surface area contributed by atoms with Crippen molar-refractivity contribution in [3.05, 3.63) is 22.4 Å². The van der Waals surface area contributed by atoms with Crippen LogP contribution in [0.3, 0.4) is 0 Å². The molecule has 3 rings (SSSR count). The number of aliphatic imine (C=N–C) groups is 1. The van der Waals surface area contributed by atoms with E-state index in [4.69, 9.17) is 0 Å². The maximum absolute atomic E-state index is 10.5. The van der Waals surface area contributed by atoms with Gasteiger partial charge in [-0.2, -0.15) is 0 Å². The number of nitrogens with one attached hydrogen (secondary N) is 2. The highest BCUT2D eigenvalue weighted by Crippen LogP contribution is 2.30. The molecule has 5 nitrogen and oxygen atoms in total. The lowest BCUT2D eigenvalue weighted by atomic mass is 10.0. The van der Waals surface area contributed by atoms with E-state index in [1.807, 2.05) is 11.3 Å². The molecule has 1 unspecified atom stereocenters. The Morgan fingerprint density at radius 3 is 2.62 bits per heavy atom. The van der Waals surface area contributed by atoms with Gasteiger partial charge in [-0.15, -0.1) is 35.3 Å². The van der Waals surface area contributed by atoms with Crippen LogP contribution in [0.15, 0.2) is 22.5 Å². The number of nitrogens with zero attached hydrogens (tertiary/aromatic N) is 2. The van der Waals surface area contributed by atoms with E-state index in [0.717, 1.165) is 44.7 Å². The van der Waals surface area contributed by atoms with Crippen LogP contribution in [0.5, 0.6) is 0 Å². The van der Waals surface area contributed by atoms with Crippen molar-refractivity contribution in [2.45, 2.75) is 57.1 Å². The van der Waals surface area contributed by atoms with Crippen LogP contribution in [-0.2, 0) is 0 Å². The third-order valence-electron chi connectivity index (χ3n) is 5.33. The maximum atomic E-state index is 10.5. The normalized spacial score (nSPS) is 21.4. The molecule has 0 amide bonds. The minimum absolute atomic E-state index is 0. The minimum atomic E-state index is -0.593. The molecule has 2 heterocycles. The largest absolute Gasteiger partial charge is 0.388 e. The molecular formula is C19H33IN4OS. The molecule has 0 bridgehead atoms. The van der Waals surface area contributed by atoms with E-state index in [0.29, 0.717) is 12.6 Å². The molecule has 1 saturated heterocycles.